The number of nitrogens with two attached hydrogens (primary N) is 1. The molecule has 5 rings (SSSR count). The zero-order valence-electron chi connectivity index (χ0n) is 14.2. The van der Waals surface area contributed by atoms with Crippen molar-refractivity contribution < 1.29 is 14.8 Å². The van der Waals surface area contributed by atoms with Gasteiger partial charge in [-0.15, -0.1) is 0 Å². The van der Waals surface area contributed by atoms with E-state index in [4.69, 9.17) is 5.73 Å². The number of rotatable bonds is 4. The minimum atomic E-state index is -1.55. The Hall–Kier alpha value is -0.915. The Morgan fingerprint density at radius 2 is 1.71 bits per heavy atom. The second kappa shape index (κ2) is 5.82. The van der Waals surface area contributed by atoms with Crippen LogP contribution in [0.5, 0.6) is 0 Å². The maximum absolute atomic E-state index is 13.2. The predicted octanol–water partition coefficient (Wildman–Crippen LogP) is 0.212. The largest absolute Gasteiger partial charge is 0.475 e. The highest BCUT2D eigenvalue weighted by molar-refractivity contribution is 6.43. The van der Waals surface area contributed by atoms with E-state index in [1.165, 1.54) is 19.3 Å². The molecule has 1 aliphatic heterocycles. The Balaban J connectivity index is 1.54. The van der Waals surface area contributed by atoms with Crippen LogP contribution in [-0.4, -0.2) is 59.3 Å². The fourth-order valence-electron chi connectivity index (χ4n) is 6.51. The highest BCUT2D eigenvalue weighted by Gasteiger charge is 2.56. The van der Waals surface area contributed by atoms with Crippen LogP contribution in [-0.2, 0) is 4.79 Å². The third-order valence-electron chi connectivity index (χ3n) is 7.22. The summed E-state index contributed by atoms with van der Waals surface area (Å²) in [6.45, 7) is 3.94. The lowest BCUT2D eigenvalue weighted by Gasteiger charge is -2.58. The van der Waals surface area contributed by atoms with Gasteiger partial charge in [-0.05, 0) is 74.8 Å². The summed E-state index contributed by atoms with van der Waals surface area (Å²) in [5, 5.41) is 19.3. The van der Waals surface area contributed by atoms with Crippen molar-refractivity contribution in [1.82, 2.24) is 4.90 Å². The number of aliphatic imine (C=N–C) groups is 1. The first-order valence-electron chi connectivity index (χ1n) is 9.30. The van der Waals surface area contributed by atoms with Gasteiger partial charge in [0.1, 0.15) is 0 Å². The SMILES string of the molecule is C=N[C@H]1C[C@@H](B(O)O)N(C(=O)[C@@H](N)C23CC4CC(CC(C4)C2)C3)C1. The van der Waals surface area contributed by atoms with Gasteiger partial charge in [-0.1, -0.05) is 0 Å². The summed E-state index contributed by atoms with van der Waals surface area (Å²) in [6, 6.07) is -0.667. The first kappa shape index (κ1) is 16.5. The van der Waals surface area contributed by atoms with Crippen LogP contribution in [0.25, 0.3) is 0 Å². The zero-order valence-corrected chi connectivity index (χ0v) is 14.2. The molecular formula is C17H28BN3O3. The smallest absolute Gasteiger partial charge is 0.426 e. The van der Waals surface area contributed by atoms with Crippen molar-refractivity contribution in [2.45, 2.75) is 63.0 Å². The highest BCUT2D eigenvalue weighted by Crippen LogP contribution is 2.61. The molecule has 0 aromatic heterocycles. The molecule has 0 aromatic rings. The fraction of sp³-hybridized carbons (Fsp3) is 0.882. The molecule has 4 bridgehead atoms. The maximum Gasteiger partial charge on any atom is 0.475 e. The molecule has 0 radical (unpaired) electrons. The van der Waals surface area contributed by atoms with Gasteiger partial charge in [0.25, 0.3) is 0 Å². The van der Waals surface area contributed by atoms with E-state index in [9.17, 15) is 14.8 Å². The van der Waals surface area contributed by atoms with Crippen LogP contribution in [0.2, 0.25) is 0 Å². The molecule has 5 fully saturated rings. The topological polar surface area (TPSA) is 99.2 Å². The van der Waals surface area contributed by atoms with Crippen molar-refractivity contribution in [2.24, 2.45) is 33.9 Å². The van der Waals surface area contributed by atoms with Gasteiger partial charge in [-0.2, -0.15) is 0 Å². The van der Waals surface area contributed by atoms with Crippen molar-refractivity contribution in [3.8, 4) is 0 Å². The average molecular weight is 333 g/mol. The molecule has 7 heteroatoms. The summed E-state index contributed by atoms with van der Waals surface area (Å²) in [7, 11) is -1.55. The van der Waals surface area contributed by atoms with Gasteiger partial charge in [0.15, 0.2) is 0 Å². The standard InChI is InChI=1S/C17H28BN3O3/c1-20-13-5-14(18(23)24)21(9-13)16(22)15(19)17-6-10-2-11(7-17)4-12(3-10)8-17/h10-15,23-24H,1-9,19H2/t10?,11?,12?,13-,14-,15+,17?/m0/s1. The summed E-state index contributed by atoms with van der Waals surface area (Å²) in [6.07, 6.45) is 7.57. The van der Waals surface area contributed by atoms with E-state index in [1.54, 1.807) is 4.90 Å². The Bertz CT molecular complexity index is 506. The van der Waals surface area contributed by atoms with Gasteiger partial charge in [0, 0.05) is 6.54 Å². The van der Waals surface area contributed by atoms with Crippen LogP contribution in [0.4, 0.5) is 0 Å². The Kier molecular flexibility index (Phi) is 4.01. The molecule has 24 heavy (non-hydrogen) atoms. The van der Waals surface area contributed by atoms with Gasteiger partial charge in [-0.25, -0.2) is 0 Å². The molecule has 4 N–H and O–H groups in total. The van der Waals surface area contributed by atoms with Gasteiger partial charge in [-0.3, -0.25) is 9.79 Å². The number of carbonyl (C=O) groups is 1. The lowest BCUT2D eigenvalue weighted by atomic mass is 9.47. The lowest BCUT2D eigenvalue weighted by molar-refractivity contribution is -0.143. The quantitative estimate of drug-likeness (QED) is 0.506. The summed E-state index contributed by atoms with van der Waals surface area (Å²) in [5.74, 6) is 1.45. The van der Waals surface area contributed by atoms with Crippen molar-refractivity contribution in [3.05, 3.63) is 0 Å². The third-order valence-corrected chi connectivity index (χ3v) is 7.22. The first-order valence-corrected chi connectivity index (χ1v) is 9.30. The molecule has 6 nitrogen and oxygen atoms in total. The van der Waals surface area contributed by atoms with Crippen LogP contribution in [0.1, 0.15) is 44.9 Å². The number of carbonyl (C=O) groups excluding carboxylic acids is 1. The van der Waals surface area contributed by atoms with E-state index in [0.717, 1.165) is 37.0 Å². The Morgan fingerprint density at radius 1 is 1.17 bits per heavy atom. The van der Waals surface area contributed by atoms with Gasteiger partial charge < -0.3 is 20.7 Å². The van der Waals surface area contributed by atoms with E-state index in [1.807, 2.05) is 0 Å². The van der Waals surface area contributed by atoms with Crippen LogP contribution < -0.4 is 5.73 Å². The van der Waals surface area contributed by atoms with E-state index in [-0.39, 0.29) is 17.4 Å². The second-order valence-electron chi connectivity index (χ2n) is 8.80. The van der Waals surface area contributed by atoms with E-state index in [2.05, 4.69) is 11.7 Å². The van der Waals surface area contributed by atoms with Crippen LogP contribution in [0, 0.1) is 23.2 Å². The molecular weight excluding hydrogens is 305 g/mol. The Labute approximate surface area is 143 Å². The van der Waals surface area contributed by atoms with Crippen molar-refractivity contribution >= 4 is 19.7 Å². The first-order chi connectivity index (χ1) is 11.4. The van der Waals surface area contributed by atoms with Crippen molar-refractivity contribution in [2.75, 3.05) is 6.54 Å². The van der Waals surface area contributed by atoms with Gasteiger partial charge in [0.2, 0.25) is 5.91 Å². The maximum atomic E-state index is 13.2. The molecule has 4 saturated carbocycles. The summed E-state index contributed by atoms with van der Waals surface area (Å²) < 4.78 is 0. The molecule has 3 atom stereocenters. The average Bonchev–Trinajstić information content (AvgIpc) is 2.97. The van der Waals surface area contributed by atoms with Gasteiger partial charge in [0.05, 0.1) is 18.0 Å². The van der Waals surface area contributed by atoms with E-state index < -0.39 is 19.1 Å². The summed E-state index contributed by atoms with van der Waals surface area (Å²) in [4.78, 5) is 18.7. The molecule has 132 valence electrons. The fourth-order valence-corrected chi connectivity index (χ4v) is 6.51. The van der Waals surface area contributed by atoms with Crippen molar-refractivity contribution in [1.29, 1.82) is 0 Å². The molecule has 0 spiro atoms. The minimum Gasteiger partial charge on any atom is -0.426 e. The molecule has 1 amide bonds. The predicted molar refractivity (Wildman–Crippen MR) is 92.2 cm³/mol. The molecule has 0 unspecified atom stereocenters. The number of hydrogen-bond acceptors (Lipinski definition) is 5. The van der Waals surface area contributed by atoms with Crippen molar-refractivity contribution in [3.63, 3.8) is 0 Å². The number of likely N-dealkylation sites (tertiary alicyclic amines) is 1. The molecule has 0 aromatic carbocycles. The minimum absolute atomic E-state index is 0.0729. The van der Waals surface area contributed by atoms with Crippen LogP contribution in [0.3, 0.4) is 0 Å². The van der Waals surface area contributed by atoms with Crippen LogP contribution >= 0.6 is 0 Å². The molecule has 1 saturated heterocycles. The summed E-state index contributed by atoms with van der Waals surface area (Å²) in [5.41, 5.74) is 6.47. The monoisotopic (exact) mass is 333 g/mol. The molecule has 4 aliphatic carbocycles. The highest BCUT2D eigenvalue weighted by atomic mass is 16.4. The zero-order chi connectivity index (χ0) is 17.1. The molecule has 1 heterocycles. The summed E-state index contributed by atoms with van der Waals surface area (Å²) >= 11 is 0. The van der Waals surface area contributed by atoms with E-state index >= 15 is 0 Å². The molecule has 5 aliphatic rings. The lowest BCUT2D eigenvalue weighted by Crippen LogP contribution is -2.61. The van der Waals surface area contributed by atoms with Crippen LogP contribution in [0.15, 0.2) is 4.99 Å². The van der Waals surface area contributed by atoms with E-state index in [0.29, 0.717) is 13.0 Å². The van der Waals surface area contributed by atoms with Gasteiger partial charge >= 0.3 is 7.12 Å². The number of nitrogens with zero attached hydrogens (tertiary/aromatic N) is 2. The second-order valence-corrected chi connectivity index (χ2v) is 8.80. The third kappa shape index (κ3) is 2.52. The number of amides is 1. The normalized spacial score (nSPS) is 44.6. The number of hydrogen-bond donors (Lipinski definition) is 3. The Morgan fingerprint density at radius 3 is 2.17 bits per heavy atom.